The first-order valence-corrected chi connectivity index (χ1v) is 4.98. The van der Waals surface area contributed by atoms with Gasteiger partial charge in [0, 0.05) is 0 Å². The summed E-state index contributed by atoms with van der Waals surface area (Å²) in [7, 11) is 0. The molecule has 0 unspecified atom stereocenters. The SMILES string of the molecule is Cc1cccc(C(F)(F)F)c1CC(C)C. The van der Waals surface area contributed by atoms with Crippen molar-refractivity contribution in [3.05, 3.63) is 34.9 Å². The lowest BCUT2D eigenvalue weighted by Crippen LogP contribution is -2.12. The zero-order chi connectivity index (χ0) is 11.6. The smallest absolute Gasteiger partial charge is 0.166 e. The van der Waals surface area contributed by atoms with E-state index in [4.69, 9.17) is 0 Å². The van der Waals surface area contributed by atoms with Crippen LogP contribution in [0.1, 0.15) is 30.5 Å². The Balaban J connectivity index is 3.21. The lowest BCUT2D eigenvalue weighted by molar-refractivity contribution is -0.138. The van der Waals surface area contributed by atoms with Crippen molar-refractivity contribution >= 4 is 0 Å². The van der Waals surface area contributed by atoms with Crippen molar-refractivity contribution in [3.63, 3.8) is 0 Å². The van der Waals surface area contributed by atoms with Gasteiger partial charge >= 0.3 is 6.18 Å². The van der Waals surface area contributed by atoms with Gasteiger partial charge in [0.2, 0.25) is 0 Å². The normalized spacial score (nSPS) is 12.2. The van der Waals surface area contributed by atoms with Crippen LogP contribution in [0.15, 0.2) is 18.2 Å². The molecule has 0 aliphatic rings. The summed E-state index contributed by atoms with van der Waals surface area (Å²) >= 11 is 0. The van der Waals surface area contributed by atoms with Gasteiger partial charge in [0.15, 0.2) is 0 Å². The highest BCUT2D eigenvalue weighted by Gasteiger charge is 2.33. The largest absolute Gasteiger partial charge is 0.416 e. The Hall–Kier alpha value is -0.990. The van der Waals surface area contributed by atoms with Crippen molar-refractivity contribution in [1.29, 1.82) is 0 Å². The highest BCUT2D eigenvalue weighted by molar-refractivity contribution is 5.36. The average molecular weight is 216 g/mol. The van der Waals surface area contributed by atoms with E-state index < -0.39 is 11.7 Å². The molecule has 0 heterocycles. The minimum Gasteiger partial charge on any atom is -0.166 e. The first kappa shape index (κ1) is 12.1. The van der Waals surface area contributed by atoms with E-state index in [-0.39, 0.29) is 5.92 Å². The van der Waals surface area contributed by atoms with E-state index >= 15 is 0 Å². The molecule has 0 aliphatic carbocycles. The fraction of sp³-hybridized carbons (Fsp3) is 0.500. The Morgan fingerprint density at radius 1 is 1.20 bits per heavy atom. The zero-order valence-corrected chi connectivity index (χ0v) is 9.15. The highest BCUT2D eigenvalue weighted by atomic mass is 19.4. The standard InChI is InChI=1S/C12H15F3/c1-8(2)7-10-9(3)5-4-6-11(10)12(13,14)15/h4-6,8H,7H2,1-3H3. The van der Waals surface area contributed by atoms with Crippen LogP contribution in [0.2, 0.25) is 0 Å². The first-order chi connectivity index (χ1) is 6.82. The molecule has 1 aromatic carbocycles. The Kier molecular flexibility index (Phi) is 3.42. The molecule has 0 N–H and O–H groups in total. The summed E-state index contributed by atoms with van der Waals surface area (Å²) in [5.41, 5.74) is 0.662. The van der Waals surface area contributed by atoms with Crippen LogP contribution in [0.4, 0.5) is 13.2 Å². The van der Waals surface area contributed by atoms with Crippen LogP contribution in [-0.2, 0) is 12.6 Å². The molecule has 15 heavy (non-hydrogen) atoms. The fourth-order valence-electron chi connectivity index (χ4n) is 1.65. The van der Waals surface area contributed by atoms with Crippen molar-refractivity contribution in [2.24, 2.45) is 5.92 Å². The van der Waals surface area contributed by atoms with Crippen molar-refractivity contribution in [2.75, 3.05) is 0 Å². The Bertz CT molecular complexity index is 337. The lowest BCUT2D eigenvalue weighted by Gasteiger charge is -2.16. The number of alkyl halides is 3. The third kappa shape index (κ3) is 2.98. The Morgan fingerprint density at radius 2 is 1.80 bits per heavy atom. The number of rotatable bonds is 2. The van der Waals surface area contributed by atoms with Crippen LogP contribution in [0, 0.1) is 12.8 Å². The van der Waals surface area contributed by atoms with Crippen molar-refractivity contribution in [3.8, 4) is 0 Å². The maximum Gasteiger partial charge on any atom is 0.416 e. The second-order valence-corrected chi connectivity index (χ2v) is 4.20. The maximum atomic E-state index is 12.7. The third-order valence-electron chi connectivity index (χ3n) is 2.33. The summed E-state index contributed by atoms with van der Waals surface area (Å²) in [4.78, 5) is 0. The summed E-state index contributed by atoms with van der Waals surface area (Å²) < 4.78 is 38.0. The highest BCUT2D eigenvalue weighted by Crippen LogP contribution is 2.34. The molecule has 0 bridgehead atoms. The predicted octanol–water partition coefficient (Wildman–Crippen LogP) is 4.21. The first-order valence-electron chi connectivity index (χ1n) is 4.98. The molecule has 0 atom stereocenters. The Labute approximate surface area is 88.1 Å². The molecule has 1 rings (SSSR count). The maximum absolute atomic E-state index is 12.7. The van der Waals surface area contributed by atoms with Crippen molar-refractivity contribution in [1.82, 2.24) is 0 Å². The molecule has 0 aromatic heterocycles. The van der Waals surface area contributed by atoms with E-state index in [1.807, 2.05) is 13.8 Å². The van der Waals surface area contributed by atoms with Crippen molar-refractivity contribution < 1.29 is 13.2 Å². The minimum atomic E-state index is -4.24. The van der Waals surface area contributed by atoms with Crippen LogP contribution in [0.5, 0.6) is 0 Å². The van der Waals surface area contributed by atoms with E-state index in [2.05, 4.69) is 0 Å². The second kappa shape index (κ2) is 4.25. The summed E-state index contributed by atoms with van der Waals surface area (Å²) in [6, 6.07) is 4.35. The molecule has 0 spiro atoms. The molecule has 0 saturated carbocycles. The van der Waals surface area contributed by atoms with Gasteiger partial charge in [-0.2, -0.15) is 13.2 Å². The van der Waals surface area contributed by atoms with Crippen LogP contribution in [0.3, 0.4) is 0 Å². The molecule has 0 saturated heterocycles. The van der Waals surface area contributed by atoms with Gasteiger partial charge in [0.05, 0.1) is 5.56 Å². The number of benzene rings is 1. The van der Waals surface area contributed by atoms with E-state index in [0.717, 1.165) is 11.6 Å². The van der Waals surface area contributed by atoms with E-state index in [0.29, 0.717) is 12.0 Å². The van der Waals surface area contributed by atoms with Crippen LogP contribution >= 0.6 is 0 Å². The van der Waals surface area contributed by atoms with Gasteiger partial charge in [0.1, 0.15) is 0 Å². The average Bonchev–Trinajstić information content (AvgIpc) is 2.05. The van der Waals surface area contributed by atoms with Gasteiger partial charge in [-0.3, -0.25) is 0 Å². The summed E-state index contributed by atoms with van der Waals surface area (Å²) in [5.74, 6) is 0.229. The second-order valence-electron chi connectivity index (χ2n) is 4.20. The Morgan fingerprint density at radius 3 is 2.27 bits per heavy atom. The summed E-state index contributed by atoms with van der Waals surface area (Å²) in [6.45, 7) is 5.58. The quantitative estimate of drug-likeness (QED) is 0.694. The van der Waals surface area contributed by atoms with Crippen LogP contribution < -0.4 is 0 Å². The van der Waals surface area contributed by atoms with Gasteiger partial charge in [-0.05, 0) is 36.5 Å². The monoisotopic (exact) mass is 216 g/mol. The van der Waals surface area contributed by atoms with Gasteiger partial charge in [0.25, 0.3) is 0 Å². The number of aryl methyl sites for hydroxylation is 1. The van der Waals surface area contributed by atoms with Crippen LogP contribution in [-0.4, -0.2) is 0 Å². The van der Waals surface area contributed by atoms with Gasteiger partial charge in [-0.15, -0.1) is 0 Å². The zero-order valence-electron chi connectivity index (χ0n) is 9.15. The van der Waals surface area contributed by atoms with E-state index in [1.54, 1.807) is 13.0 Å². The summed E-state index contributed by atoms with van der Waals surface area (Å²) in [6.07, 6.45) is -3.77. The van der Waals surface area contributed by atoms with E-state index in [9.17, 15) is 13.2 Å². The molecule has 0 aliphatic heterocycles. The minimum absolute atomic E-state index is 0.229. The lowest BCUT2D eigenvalue weighted by atomic mass is 9.94. The molecule has 1 aromatic rings. The van der Waals surface area contributed by atoms with Gasteiger partial charge in [-0.25, -0.2) is 0 Å². The summed E-state index contributed by atoms with van der Waals surface area (Å²) in [5, 5.41) is 0. The third-order valence-corrected chi connectivity index (χ3v) is 2.33. The molecule has 0 amide bonds. The predicted molar refractivity (Wildman–Crippen MR) is 54.7 cm³/mol. The number of hydrogen-bond donors (Lipinski definition) is 0. The molecular weight excluding hydrogens is 201 g/mol. The molecule has 0 radical (unpaired) electrons. The molecular formula is C12H15F3. The van der Waals surface area contributed by atoms with E-state index in [1.165, 1.54) is 6.07 Å². The van der Waals surface area contributed by atoms with Gasteiger partial charge in [-0.1, -0.05) is 26.0 Å². The number of halogens is 3. The molecule has 0 nitrogen and oxygen atoms in total. The molecule has 3 heteroatoms. The van der Waals surface area contributed by atoms with Crippen LogP contribution in [0.25, 0.3) is 0 Å². The fourth-order valence-corrected chi connectivity index (χ4v) is 1.65. The van der Waals surface area contributed by atoms with Crippen molar-refractivity contribution in [2.45, 2.75) is 33.4 Å². The molecule has 84 valence electrons. The topological polar surface area (TPSA) is 0 Å². The van der Waals surface area contributed by atoms with Gasteiger partial charge < -0.3 is 0 Å². The number of hydrogen-bond acceptors (Lipinski definition) is 0. The molecule has 0 fully saturated rings.